The fraction of sp³-hybridized carbons (Fsp3) is 0.857. The zero-order valence-corrected chi connectivity index (χ0v) is 5.55. The SMILES string of the molecule is NC(CC=O)C1CCC1. The van der Waals surface area contributed by atoms with E-state index in [1.54, 1.807) is 0 Å². The minimum Gasteiger partial charge on any atom is -0.327 e. The standard InChI is InChI=1S/C7H13NO/c8-7(4-5-9)6-2-1-3-6/h5-7H,1-4,8H2. The molecule has 1 unspecified atom stereocenters. The maximum atomic E-state index is 9.98. The first-order chi connectivity index (χ1) is 4.34. The number of nitrogens with two attached hydrogens (primary N) is 1. The number of hydrogen-bond donors (Lipinski definition) is 1. The molecule has 0 saturated heterocycles. The average Bonchev–Trinajstić information content (AvgIpc) is 1.60. The summed E-state index contributed by atoms with van der Waals surface area (Å²) in [6.07, 6.45) is 5.23. The number of hydrogen-bond acceptors (Lipinski definition) is 2. The van der Waals surface area contributed by atoms with E-state index in [-0.39, 0.29) is 6.04 Å². The van der Waals surface area contributed by atoms with E-state index in [1.165, 1.54) is 19.3 Å². The monoisotopic (exact) mass is 127 g/mol. The van der Waals surface area contributed by atoms with Gasteiger partial charge in [0.2, 0.25) is 0 Å². The molecule has 2 N–H and O–H groups in total. The molecule has 1 aliphatic carbocycles. The van der Waals surface area contributed by atoms with Gasteiger partial charge in [0, 0.05) is 12.5 Å². The minimum absolute atomic E-state index is 0.149. The second-order valence-corrected chi connectivity index (χ2v) is 2.76. The summed E-state index contributed by atoms with van der Waals surface area (Å²) < 4.78 is 0. The highest BCUT2D eigenvalue weighted by molar-refractivity contribution is 5.50. The second-order valence-electron chi connectivity index (χ2n) is 2.76. The van der Waals surface area contributed by atoms with Gasteiger partial charge in [-0.2, -0.15) is 0 Å². The summed E-state index contributed by atoms with van der Waals surface area (Å²) in [5, 5.41) is 0. The van der Waals surface area contributed by atoms with Crippen molar-refractivity contribution in [3.63, 3.8) is 0 Å². The number of carbonyl (C=O) groups is 1. The quantitative estimate of drug-likeness (QED) is 0.567. The Labute approximate surface area is 55.4 Å². The van der Waals surface area contributed by atoms with Crippen LogP contribution in [0.5, 0.6) is 0 Å². The van der Waals surface area contributed by atoms with Crippen LogP contribution in [0, 0.1) is 5.92 Å². The predicted octanol–water partition coefficient (Wildman–Crippen LogP) is 0.703. The minimum atomic E-state index is 0.149. The van der Waals surface area contributed by atoms with Gasteiger partial charge in [-0.1, -0.05) is 6.42 Å². The molecule has 0 amide bonds. The Bertz CT molecular complexity index is 99.1. The summed E-state index contributed by atoms with van der Waals surface area (Å²) in [7, 11) is 0. The normalized spacial score (nSPS) is 22.8. The van der Waals surface area contributed by atoms with Gasteiger partial charge >= 0.3 is 0 Å². The first-order valence-electron chi connectivity index (χ1n) is 3.54. The van der Waals surface area contributed by atoms with Gasteiger partial charge in [0.25, 0.3) is 0 Å². The Morgan fingerprint density at radius 1 is 1.67 bits per heavy atom. The van der Waals surface area contributed by atoms with Crippen LogP contribution in [0.25, 0.3) is 0 Å². The zero-order valence-electron chi connectivity index (χ0n) is 5.55. The van der Waals surface area contributed by atoms with E-state index in [0.717, 1.165) is 6.29 Å². The molecule has 1 atom stereocenters. The van der Waals surface area contributed by atoms with E-state index >= 15 is 0 Å². The number of rotatable bonds is 3. The molecule has 1 saturated carbocycles. The largest absolute Gasteiger partial charge is 0.327 e. The van der Waals surface area contributed by atoms with Gasteiger partial charge in [-0.15, -0.1) is 0 Å². The molecule has 0 aliphatic heterocycles. The summed E-state index contributed by atoms with van der Waals surface area (Å²) in [5.41, 5.74) is 5.66. The topological polar surface area (TPSA) is 43.1 Å². The van der Waals surface area contributed by atoms with Crippen LogP contribution in [-0.2, 0) is 4.79 Å². The van der Waals surface area contributed by atoms with E-state index in [0.29, 0.717) is 12.3 Å². The molecule has 2 heteroatoms. The Hall–Kier alpha value is -0.370. The van der Waals surface area contributed by atoms with Crippen LogP contribution < -0.4 is 5.73 Å². The third kappa shape index (κ3) is 1.52. The fourth-order valence-electron chi connectivity index (χ4n) is 1.17. The Balaban J connectivity index is 2.15. The van der Waals surface area contributed by atoms with Crippen LogP contribution in [0.4, 0.5) is 0 Å². The molecule has 0 bridgehead atoms. The second kappa shape index (κ2) is 2.97. The third-order valence-electron chi connectivity index (χ3n) is 2.12. The highest BCUT2D eigenvalue weighted by Crippen LogP contribution is 2.29. The van der Waals surface area contributed by atoms with Crippen LogP contribution >= 0.6 is 0 Å². The van der Waals surface area contributed by atoms with Crippen molar-refractivity contribution in [2.45, 2.75) is 31.7 Å². The van der Waals surface area contributed by atoms with Crippen molar-refractivity contribution in [1.82, 2.24) is 0 Å². The van der Waals surface area contributed by atoms with Gasteiger partial charge in [-0.05, 0) is 18.8 Å². The van der Waals surface area contributed by atoms with Crippen molar-refractivity contribution in [3.05, 3.63) is 0 Å². The zero-order chi connectivity index (χ0) is 6.69. The van der Waals surface area contributed by atoms with E-state index in [9.17, 15) is 4.79 Å². The van der Waals surface area contributed by atoms with Crippen molar-refractivity contribution in [2.24, 2.45) is 11.7 Å². The predicted molar refractivity (Wildman–Crippen MR) is 36.0 cm³/mol. The summed E-state index contributed by atoms with van der Waals surface area (Å²) >= 11 is 0. The van der Waals surface area contributed by atoms with Gasteiger partial charge < -0.3 is 10.5 Å². The van der Waals surface area contributed by atoms with Crippen LogP contribution in [-0.4, -0.2) is 12.3 Å². The van der Waals surface area contributed by atoms with Gasteiger partial charge in [-0.3, -0.25) is 0 Å². The lowest BCUT2D eigenvalue weighted by Crippen LogP contribution is -2.34. The van der Waals surface area contributed by atoms with Gasteiger partial charge in [0.05, 0.1) is 0 Å². The Morgan fingerprint density at radius 2 is 2.33 bits per heavy atom. The molecule has 1 fully saturated rings. The lowest BCUT2D eigenvalue weighted by atomic mass is 9.79. The fourth-order valence-corrected chi connectivity index (χ4v) is 1.17. The Morgan fingerprint density at radius 3 is 2.67 bits per heavy atom. The first kappa shape index (κ1) is 6.75. The maximum absolute atomic E-state index is 9.98. The van der Waals surface area contributed by atoms with Crippen LogP contribution in [0.2, 0.25) is 0 Å². The lowest BCUT2D eigenvalue weighted by Gasteiger charge is -2.29. The van der Waals surface area contributed by atoms with Crippen LogP contribution in [0.15, 0.2) is 0 Å². The van der Waals surface area contributed by atoms with Crippen molar-refractivity contribution < 1.29 is 4.79 Å². The summed E-state index contributed by atoms with van der Waals surface area (Å²) in [6, 6.07) is 0.149. The van der Waals surface area contributed by atoms with Crippen molar-refractivity contribution >= 4 is 6.29 Å². The molecular weight excluding hydrogens is 114 g/mol. The van der Waals surface area contributed by atoms with E-state index in [4.69, 9.17) is 5.73 Å². The summed E-state index contributed by atoms with van der Waals surface area (Å²) in [4.78, 5) is 9.98. The number of aldehydes is 1. The molecule has 52 valence electrons. The molecule has 0 aromatic heterocycles. The molecule has 0 aromatic carbocycles. The maximum Gasteiger partial charge on any atom is 0.121 e. The molecule has 0 radical (unpaired) electrons. The highest BCUT2D eigenvalue weighted by Gasteiger charge is 2.23. The molecule has 0 aromatic rings. The van der Waals surface area contributed by atoms with Gasteiger partial charge in [-0.25, -0.2) is 0 Å². The van der Waals surface area contributed by atoms with Crippen LogP contribution in [0.3, 0.4) is 0 Å². The molecule has 0 heterocycles. The van der Waals surface area contributed by atoms with Crippen molar-refractivity contribution in [3.8, 4) is 0 Å². The van der Waals surface area contributed by atoms with Crippen LogP contribution in [0.1, 0.15) is 25.7 Å². The van der Waals surface area contributed by atoms with Crippen molar-refractivity contribution in [1.29, 1.82) is 0 Å². The number of carbonyl (C=O) groups excluding carboxylic acids is 1. The molecule has 1 rings (SSSR count). The molecular formula is C7H13NO. The molecule has 1 aliphatic rings. The highest BCUT2D eigenvalue weighted by atomic mass is 16.1. The summed E-state index contributed by atoms with van der Waals surface area (Å²) in [5.74, 6) is 0.648. The first-order valence-corrected chi connectivity index (χ1v) is 3.54. The molecule has 0 spiro atoms. The lowest BCUT2D eigenvalue weighted by molar-refractivity contribution is -0.108. The average molecular weight is 127 g/mol. The molecule has 9 heavy (non-hydrogen) atoms. The van der Waals surface area contributed by atoms with Gasteiger partial charge in [0.15, 0.2) is 0 Å². The van der Waals surface area contributed by atoms with Crippen molar-refractivity contribution in [2.75, 3.05) is 0 Å². The third-order valence-corrected chi connectivity index (χ3v) is 2.12. The van der Waals surface area contributed by atoms with E-state index in [1.807, 2.05) is 0 Å². The molecule has 2 nitrogen and oxygen atoms in total. The summed E-state index contributed by atoms with van der Waals surface area (Å²) in [6.45, 7) is 0. The van der Waals surface area contributed by atoms with E-state index in [2.05, 4.69) is 0 Å². The Kier molecular flexibility index (Phi) is 2.22. The van der Waals surface area contributed by atoms with E-state index < -0.39 is 0 Å². The smallest absolute Gasteiger partial charge is 0.121 e. The van der Waals surface area contributed by atoms with Gasteiger partial charge in [0.1, 0.15) is 6.29 Å².